The molecule has 31 heavy (non-hydrogen) atoms. The highest BCUT2D eigenvalue weighted by atomic mass is 19.1. The van der Waals surface area contributed by atoms with Crippen LogP contribution in [0.3, 0.4) is 0 Å². The Labute approximate surface area is 182 Å². The van der Waals surface area contributed by atoms with Crippen LogP contribution in [-0.4, -0.2) is 25.6 Å². The molecule has 5 nitrogen and oxygen atoms in total. The summed E-state index contributed by atoms with van der Waals surface area (Å²) in [5.41, 5.74) is 1.84. The Morgan fingerprint density at radius 2 is 1.84 bits per heavy atom. The lowest BCUT2D eigenvalue weighted by Crippen LogP contribution is -2.52. The lowest BCUT2D eigenvalue weighted by Gasteiger charge is -2.39. The van der Waals surface area contributed by atoms with E-state index < -0.39 is 17.2 Å². The first-order valence-electron chi connectivity index (χ1n) is 10.1. The third-order valence-corrected chi connectivity index (χ3v) is 4.87. The van der Waals surface area contributed by atoms with Crippen molar-refractivity contribution in [3.05, 3.63) is 53.8 Å². The number of hydrogen-bond acceptors (Lipinski definition) is 4. The van der Waals surface area contributed by atoms with Gasteiger partial charge in [-0.2, -0.15) is 0 Å². The molecule has 0 saturated heterocycles. The van der Waals surface area contributed by atoms with Gasteiger partial charge < -0.3 is 19.7 Å². The molecular formula is C24H30F2N2O3. The van der Waals surface area contributed by atoms with Gasteiger partial charge in [0.15, 0.2) is 11.6 Å². The molecule has 168 valence electrons. The number of rotatable bonds is 5. The van der Waals surface area contributed by atoms with Gasteiger partial charge in [-0.25, -0.2) is 8.78 Å². The Balaban J connectivity index is 0.00000166. The summed E-state index contributed by atoms with van der Waals surface area (Å²) >= 11 is 0. The third-order valence-electron chi connectivity index (χ3n) is 4.87. The number of likely N-dealkylation sites (N-methyl/N-ethyl adjacent to an activating group) is 1. The van der Waals surface area contributed by atoms with E-state index in [4.69, 9.17) is 9.47 Å². The fourth-order valence-corrected chi connectivity index (χ4v) is 3.59. The van der Waals surface area contributed by atoms with E-state index in [9.17, 15) is 13.6 Å². The molecule has 1 heterocycles. The minimum absolute atomic E-state index is 0.0643. The van der Waals surface area contributed by atoms with Crippen LogP contribution in [0.5, 0.6) is 5.75 Å². The van der Waals surface area contributed by atoms with Gasteiger partial charge in [0.1, 0.15) is 18.0 Å². The molecule has 7 heteroatoms. The molecule has 1 N–H and O–H groups in total. The topological polar surface area (TPSA) is 50.8 Å². The second-order valence-electron chi connectivity index (χ2n) is 7.56. The average Bonchev–Trinajstić information content (AvgIpc) is 2.71. The van der Waals surface area contributed by atoms with E-state index in [0.717, 1.165) is 11.8 Å². The fourth-order valence-electron chi connectivity index (χ4n) is 3.59. The lowest BCUT2D eigenvalue weighted by atomic mass is 9.91. The molecule has 1 aliphatic rings. The molecule has 0 saturated carbocycles. The molecule has 0 radical (unpaired) electrons. The fraction of sp³-hybridized carbons (Fsp3) is 0.375. The Hall–Kier alpha value is -3.09. The van der Waals surface area contributed by atoms with Crippen molar-refractivity contribution in [1.82, 2.24) is 0 Å². The zero-order valence-electron chi connectivity index (χ0n) is 19.2. The molecule has 2 aromatic rings. The van der Waals surface area contributed by atoms with E-state index in [1.54, 1.807) is 40.0 Å². The maximum Gasteiger partial charge on any atom is 0.251 e. The van der Waals surface area contributed by atoms with E-state index in [1.807, 2.05) is 13.8 Å². The lowest BCUT2D eigenvalue weighted by molar-refractivity contribution is -0.121. The molecule has 1 aliphatic heterocycles. The molecule has 0 bridgehead atoms. The first kappa shape index (κ1) is 24.2. The number of allylic oxidation sites excluding steroid dienone is 1. The molecule has 1 amide bonds. The monoisotopic (exact) mass is 432 g/mol. The average molecular weight is 433 g/mol. The number of ether oxygens (including phenoxy) is 2. The van der Waals surface area contributed by atoms with Crippen LogP contribution < -0.4 is 15.0 Å². The second-order valence-corrected chi connectivity index (χ2v) is 7.56. The summed E-state index contributed by atoms with van der Waals surface area (Å²) in [7, 11) is 2.99. The summed E-state index contributed by atoms with van der Waals surface area (Å²) in [4.78, 5) is 14.4. The number of amides is 1. The van der Waals surface area contributed by atoms with Crippen molar-refractivity contribution in [1.29, 1.82) is 0 Å². The summed E-state index contributed by atoms with van der Waals surface area (Å²) in [6.45, 7) is 13.1. The van der Waals surface area contributed by atoms with Crippen LogP contribution in [0.2, 0.25) is 0 Å². The van der Waals surface area contributed by atoms with Crippen LogP contribution in [0.4, 0.5) is 20.2 Å². The Morgan fingerprint density at radius 1 is 1.19 bits per heavy atom. The van der Waals surface area contributed by atoms with E-state index >= 15 is 0 Å². The molecule has 0 unspecified atom stereocenters. The van der Waals surface area contributed by atoms with E-state index in [0.29, 0.717) is 22.6 Å². The van der Waals surface area contributed by atoms with Crippen LogP contribution in [0.1, 0.15) is 40.2 Å². The molecule has 3 rings (SSSR count). The minimum Gasteiger partial charge on any atom is -0.494 e. The van der Waals surface area contributed by atoms with E-state index in [2.05, 4.69) is 11.9 Å². The molecule has 0 spiro atoms. The summed E-state index contributed by atoms with van der Waals surface area (Å²) in [6.07, 6.45) is 0. The van der Waals surface area contributed by atoms with E-state index in [-0.39, 0.29) is 23.8 Å². The van der Waals surface area contributed by atoms with Gasteiger partial charge in [0.05, 0.1) is 24.2 Å². The third kappa shape index (κ3) is 4.65. The highest BCUT2D eigenvalue weighted by molar-refractivity contribution is 6.08. The number of benzene rings is 2. The summed E-state index contributed by atoms with van der Waals surface area (Å²) in [5, 5.41) is 3.23. The molecule has 0 fully saturated rings. The molecule has 2 aromatic carbocycles. The van der Waals surface area contributed by atoms with Crippen molar-refractivity contribution in [3.8, 4) is 16.9 Å². The number of anilines is 2. The maximum absolute atomic E-state index is 14.3. The van der Waals surface area contributed by atoms with Crippen molar-refractivity contribution in [2.24, 2.45) is 0 Å². The van der Waals surface area contributed by atoms with Gasteiger partial charge in [0.25, 0.3) is 5.91 Å². The van der Waals surface area contributed by atoms with Crippen LogP contribution >= 0.6 is 0 Å². The van der Waals surface area contributed by atoms with Crippen LogP contribution in [-0.2, 0) is 16.1 Å². The quantitative estimate of drug-likeness (QED) is 0.599. The zero-order valence-corrected chi connectivity index (χ0v) is 19.2. The Bertz CT molecular complexity index is 1000. The molecule has 0 aromatic heterocycles. The van der Waals surface area contributed by atoms with Crippen molar-refractivity contribution in [3.63, 3.8) is 0 Å². The number of methoxy groups -OCH3 is 1. The number of nitrogens with zero attached hydrogens (tertiary/aromatic N) is 1. The van der Waals surface area contributed by atoms with Gasteiger partial charge in [-0.05, 0) is 38.5 Å². The van der Waals surface area contributed by atoms with E-state index in [1.165, 1.54) is 18.1 Å². The second kappa shape index (κ2) is 9.37. The van der Waals surface area contributed by atoms with Gasteiger partial charge in [-0.15, -0.1) is 0 Å². The Morgan fingerprint density at radius 3 is 2.42 bits per heavy atom. The number of hydrogen-bond donors (Lipinski definition) is 1. The first-order valence-corrected chi connectivity index (χ1v) is 10.1. The first-order chi connectivity index (χ1) is 14.6. The standard InChI is InChI=1S/C22H24F2N2O3.C2H6/c1-12(2)29-11-16-14(15-9-13(23)10-17(24)20(15)28-6)7-8-18-19(16)26(5)21(27)22(3,4)25-18;1-2/h7-10,25H,1,11H2,2-6H3;1-2H3. The Kier molecular flexibility index (Phi) is 7.31. The van der Waals surface area contributed by atoms with Gasteiger partial charge in [-0.1, -0.05) is 26.5 Å². The molecule has 0 atom stereocenters. The van der Waals surface area contributed by atoms with Gasteiger partial charge >= 0.3 is 0 Å². The highest BCUT2D eigenvalue weighted by Gasteiger charge is 2.38. The smallest absolute Gasteiger partial charge is 0.251 e. The molecule has 0 aliphatic carbocycles. The molecular weight excluding hydrogens is 402 g/mol. The van der Waals surface area contributed by atoms with Crippen molar-refractivity contribution in [2.45, 2.75) is 46.8 Å². The largest absolute Gasteiger partial charge is 0.494 e. The summed E-state index contributed by atoms with van der Waals surface area (Å²) in [5.74, 6) is -1.29. The van der Waals surface area contributed by atoms with Crippen LogP contribution in [0.15, 0.2) is 36.6 Å². The summed E-state index contributed by atoms with van der Waals surface area (Å²) in [6, 6.07) is 5.49. The minimum atomic E-state index is -0.810. The predicted octanol–water partition coefficient (Wildman–Crippen LogP) is 5.88. The van der Waals surface area contributed by atoms with Gasteiger partial charge in [-0.3, -0.25) is 4.79 Å². The maximum atomic E-state index is 14.3. The van der Waals surface area contributed by atoms with Crippen LogP contribution in [0.25, 0.3) is 11.1 Å². The number of carbonyl (C=O) groups is 1. The zero-order chi connectivity index (χ0) is 23.5. The van der Waals surface area contributed by atoms with Crippen molar-refractivity contribution in [2.75, 3.05) is 24.4 Å². The number of halogens is 2. The van der Waals surface area contributed by atoms with Crippen LogP contribution in [0, 0.1) is 11.6 Å². The van der Waals surface area contributed by atoms with Crippen molar-refractivity contribution < 1.29 is 23.0 Å². The number of carbonyl (C=O) groups excluding carboxylic acids is 1. The van der Waals surface area contributed by atoms with Gasteiger partial charge in [0.2, 0.25) is 0 Å². The number of fused-ring (bicyclic) bond motifs is 1. The van der Waals surface area contributed by atoms with Crippen molar-refractivity contribution >= 4 is 17.3 Å². The number of nitrogens with one attached hydrogen (secondary N) is 1. The SMILES string of the molecule is C=C(C)OCc1c(-c2cc(F)cc(F)c2OC)ccc2c1N(C)C(=O)C(C)(C)N2.CC. The summed E-state index contributed by atoms with van der Waals surface area (Å²) < 4.78 is 39.2. The van der Waals surface area contributed by atoms with Gasteiger partial charge in [0, 0.05) is 24.2 Å². The highest BCUT2D eigenvalue weighted by Crippen LogP contribution is 2.45. The normalized spacial score (nSPS) is 14.1. The predicted molar refractivity (Wildman–Crippen MR) is 120 cm³/mol.